The maximum Gasteiger partial charge on any atom is 0.0594 e. The highest BCUT2D eigenvalue weighted by Gasteiger charge is 2.29. The van der Waals surface area contributed by atoms with Crippen LogP contribution in [0.25, 0.3) is 0 Å². The minimum atomic E-state index is 0.348. The summed E-state index contributed by atoms with van der Waals surface area (Å²) in [7, 11) is 0. The first-order valence-electron chi connectivity index (χ1n) is 10.3. The largest absolute Gasteiger partial charge is 0.379 e. The molecule has 1 aromatic carbocycles. The summed E-state index contributed by atoms with van der Waals surface area (Å²) in [5.41, 5.74) is 9.49. The molecule has 2 aliphatic rings. The van der Waals surface area contributed by atoms with Crippen molar-refractivity contribution in [1.82, 2.24) is 25.6 Å². The Kier molecular flexibility index (Phi) is 7.02. The van der Waals surface area contributed by atoms with Gasteiger partial charge in [-0.2, -0.15) is 0 Å². The van der Waals surface area contributed by atoms with E-state index in [1.54, 1.807) is 0 Å². The number of nitrogens with zero attached hydrogens (tertiary/aromatic N) is 3. The van der Waals surface area contributed by atoms with E-state index in [0.29, 0.717) is 12.0 Å². The fraction of sp³-hybridized carbons (Fsp3) is 0.500. The minimum absolute atomic E-state index is 0.348. The van der Waals surface area contributed by atoms with Crippen LogP contribution in [0.3, 0.4) is 0 Å². The van der Waals surface area contributed by atoms with Crippen LogP contribution in [0.5, 0.6) is 0 Å². The minimum Gasteiger partial charge on any atom is -0.379 e. The van der Waals surface area contributed by atoms with E-state index in [9.17, 15) is 0 Å². The molecule has 0 spiro atoms. The zero-order valence-corrected chi connectivity index (χ0v) is 16.5. The molecule has 6 nitrogen and oxygen atoms in total. The topological polar surface area (TPSA) is 52.7 Å². The lowest BCUT2D eigenvalue weighted by Crippen LogP contribution is -2.42. The fourth-order valence-corrected chi connectivity index (χ4v) is 4.15. The number of rotatable bonds is 8. The first-order chi connectivity index (χ1) is 13.9. The second kappa shape index (κ2) is 10.1. The van der Waals surface area contributed by atoms with Crippen LogP contribution in [0.4, 0.5) is 0 Å². The van der Waals surface area contributed by atoms with Gasteiger partial charge < -0.3 is 4.74 Å². The van der Waals surface area contributed by atoms with Gasteiger partial charge in [0.1, 0.15) is 0 Å². The number of pyridine rings is 1. The normalized spacial score (nSPS) is 23.3. The van der Waals surface area contributed by atoms with Gasteiger partial charge in [0.25, 0.3) is 0 Å². The summed E-state index contributed by atoms with van der Waals surface area (Å²) in [6.45, 7) is 8.93. The van der Waals surface area contributed by atoms with Gasteiger partial charge in [0.2, 0.25) is 0 Å². The van der Waals surface area contributed by atoms with Crippen molar-refractivity contribution in [1.29, 1.82) is 0 Å². The van der Waals surface area contributed by atoms with Crippen molar-refractivity contribution in [3.63, 3.8) is 0 Å². The highest BCUT2D eigenvalue weighted by atomic mass is 16.5. The van der Waals surface area contributed by atoms with Crippen molar-refractivity contribution in [2.45, 2.75) is 12.6 Å². The van der Waals surface area contributed by atoms with E-state index in [1.165, 1.54) is 11.1 Å². The van der Waals surface area contributed by atoms with E-state index in [1.807, 2.05) is 18.5 Å². The fourth-order valence-electron chi connectivity index (χ4n) is 4.15. The van der Waals surface area contributed by atoms with Gasteiger partial charge in [-0.25, -0.2) is 5.43 Å². The third kappa shape index (κ3) is 5.37. The molecule has 0 aliphatic carbocycles. The van der Waals surface area contributed by atoms with Crippen LogP contribution >= 0.6 is 0 Å². The lowest BCUT2D eigenvalue weighted by Gasteiger charge is -2.32. The zero-order valence-electron chi connectivity index (χ0n) is 16.5. The Morgan fingerprint density at radius 2 is 1.96 bits per heavy atom. The molecular formula is C22H31N5O. The molecule has 2 N–H and O–H groups in total. The molecular weight excluding hydrogens is 350 g/mol. The first kappa shape index (κ1) is 19.5. The molecule has 0 amide bonds. The molecule has 2 fully saturated rings. The number of benzene rings is 1. The van der Waals surface area contributed by atoms with E-state index in [-0.39, 0.29) is 0 Å². The van der Waals surface area contributed by atoms with Gasteiger partial charge in [0, 0.05) is 64.1 Å². The molecule has 2 saturated heterocycles. The smallest absolute Gasteiger partial charge is 0.0594 e. The second-order valence-electron chi connectivity index (χ2n) is 7.72. The third-order valence-electron chi connectivity index (χ3n) is 5.71. The average Bonchev–Trinajstić information content (AvgIpc) is 3.22. The van der Waals surface area contributed by atoms with Crippen molar-refractivity contribution >= 4 is 0 Å². The van der Waals surface area contributed by atoms with E-state index in [4.69, 9.17) is 4.74 Å². The van der Waals surface area contributed by atoms with Gasteiger partial charge in [-0.15, -0.1) is 0 Å². The number of morpholine rings is 1. The summed E-state index contributed by atoms with van der Waals surface area (Å²) in [6.07, 6.45) is 3.83. The van der Waals surface area contributed by atoms with Crippen LogP contribution in [0, 0.1) is 5.92 Å². The van der Waals surface area contributed by atoms with E-state index >= 15 is 0 Å². The lowest BCUT2D eigenvalue weighted by atomic mass is 9.94. The predicted molar refractivity (Wildman–Crippen MR) is 111 cm³/mol. The van der Waals surface area contributed by atoms with Gasteiger partial charge in [-0.3, -0.25) is 20.2 Å². The van der Waals surface area contributed by atoms with Crippen LogP contribution in [0.1, 0.15) is 17.2 Å². The molecule has 0 bridgehead atoms. The lowest BCUT2D eigenvalue weighted by molar-refractivity contribution is 0.0320. The molecule has 2 atom stereocenters. The van der Waals surface area contributed by atoms with Crippen LogP contribution in [-0.4, -0.2) is 67.3 Å². The highest BCUT2D eigenvalue weighted by Crippen LogP contribution is 2.26. The first-order valence-corrected chi connectivity index (χ1v) is 10.3. The number of hydrogen-bond donors (Lipinski definition) is 2. The molecule has 28 heavy (non-hydrogen) atoms. The summed E-state index contributed by atoms with van der Waals surface area (Å²) in [4.78, 5) is 9.40. The standard InChI is InChI=1S/C22H31N5O/c1-2-6-20(7-3-1)22-21(16-24-25-22)18-27(17-19-5-4-8-23-15-19)10-9-26-11-13-28-14-12-26/h1-8,15,21-22,24-25H,9-14,16-18H2. The van der Waals surface area contributed by atoms with Gasteiger partial charge >= 0.3 is 0 Å². The van der Waals surface area contributed by atoms with E-state index in [2.05, 4.69) is 62.0 Å². The zero-order chi connectivity index (χ0) is 19.0. The van der Waals surface area contributed by atoms with Crippen LogP contribution in [-0.2, 0) is 11.3 Å². The van der Waals surface area contributed by atoms with Crippen LogP contribution < -0.4 is 10.9 Å². The summed E-state index contributed by atoms with van der Waals surface area (Å²) >= 11 is 0. The summed E-state index contributed by atoms with van der Waals surface area (Å²) < 4.78 is 5.49. The molecule has 0 radical (unpaired) electrons. The molecule has 2 unspecified atom stereocenters. The van der Waals surface area contributed by atoms with Crippen molar-refractivity contribution in [2.24, 2.45) is 5.92 Å². The maximum absolute atomic E-state index is 5.49. The Bertz CT molecular complexity index is 693. The molecule has 2 aliphatic heterocycles. The van der Waals surface area contributed by atoms with E-state index < -0.39 is 0 Å². The highest BCUT2D eigenvalue weighted by molar-refractivity contribution is 5.21. The number of hydrazine groups is 1. The second-order valence-corrected chi connectivity index (χ2v) is 7.72. The number of aromatic nitrogens is 1. The Morgan fingerprint density at radius 1 is 1.11 bits per heavy atom. The molecule has 6 heteroatoms. The molecule has 3 heterocycles. The predicted octanol–water partition coefficient (Wildman–Crippen LogP) is 1.68. The Morgan fingerprint density at radius 3 is 2.75 bits per heavy atom. The van der Waals surface area contributed by atoms with Gasteiger partial charge in [-0.1, -0.05) is 36.4 Å². The molecule has 150 valence electrons. The quantitative estimate of drug-likeness (QED) is 0.726. The van der Waals surface area contributed by atoms with Crippen molar-refractivity contribution in [3.8, 4) is 0 Å². The molecule has 0 saturated carbocycles. The van der Waals surface area contributed by atoms with Gasteiger partial charge in [0.15, 0.2) is 0 Å². The van der Waals surface area contributed by atoms with Crippen LogP contribution in [0.2, 0.25) is 0 Å². The summed E-state index contributed by atoms with van der Waals surface area (Å²) in [5, 5.41) is 0. The maximum atomic E-state index is 5.49. The summed E-state index contributed by atoms with van der Waals surface area (Å²) in [5.74, 6) is 0.531. The van der Waals surface area contributed by atoms with Crippen molar-refractivity contribution in [3.05, 3.63) is 66.0 Å². The monoisotopic (exact) mass is 381 g/mol. The molecule has 1 aromatic heterocycles. The number of nitrogens with one attached hydrogen (secondary N) is 2. The van der Waals surface area contributed by atoms with Crippen molar-refractivity contribution < 1.29 is 4.74 Å². The Labute approximate surface area is 167 Å². The summed E-state index contributed by atoms with van der Waals surface area (Å²) in [6, 6.07) is 15.3. The third-order valence-corrected chi connectivity index (χ3v) is 5.71. The average molecular weight is 382 g/mol. The molecule has 4 rings (SSSR count). The number of ether oxygens (including phenoxy) is 1. The number of hydrogen-bond acceptors (Lipinski definition) is 6. The van der Waals surface area contributed by atoms with Crippen LogP contribution in [0.15, 0.2) is 54.9 Å². The Balaban J connectivity index is 1.41. The van der Waals surface area contributed by atoms with Gasteiger partial charge in [0.05, 0.1) is 19.3 Å². The Hall–Kier alpha value is -1.83. The van der Waals surface area contributed by atoms with Gasteiger partial charge in [-0.05, 0) is 17.2 Å². The van der Waals surface area contributed by atoms with E-state index in [0.717, 1.165) is 59.0 Å². The van der Waals surface area contributed by atoms with Crippen molar-refractivity contribution in [2.75, 3.05) is 52.5 Å². The molecule has 2 aromatic rings. The SMILES string of the molecule is c1ccc(C2NNCC2CN(CCN2CCOCC2)Cc2cccnc2)cc1.